The van der Waals surface area contributed by atoms with Gasteiger partial charge in [-0.2, -0.15) is 11.8 Å². The van der Waals surface area contributed by atoms with Crippen LogP contribution in [0.5, 0.6) is 0 Å². The number of nitrogens with one attached hydrogen (secondary N) is 1. The third-order valence-electron chi connectivity index (χ3n) is 3.33. The maximum Gasteiger partial charge on any atom is 0.185 e. The van der Waals surface area contributed by atoms with Crippen LogP contribution in [0, 0.1) is 5.92 Å². The van der Waals surface area contributed by atoms with Crippen molar-refractivity contribution >= 4 is 28.2 Å². The van der Waals surface area contributed by atoms with Crippen LogP contribution in [0.4, 0.5) is 5.13 Å². The summed E-state index contributed by atoms with van der Waals surface area (Å²) in [6, 6.07) is 0. The number of aromatic nitrogens is 1. The van der Waals surface area contributed by atoms with E-state index in [0.29, 0.717) is 0 Å². The Bertz CT molecular complexity index is 344. The van der Waals surface area contributed by atoms with E-state index in [0.717, 1.165) is 37.2 Å². The highest BCUT2D eigenvalue weighted by Crippen LogP contribution is 2.24. The summed E-state index contributed by atoms with van der Waals surface area (Å²) in [5.41, 5.74) is 0. The van der Waals surface area contributed by atoms with E-state index in [2.05, 4.69) is 40.8 Å². The second-order valence-electron chi connectivity index (χ2n) is 4.64. The van der Waals surface area contributed by atoms with Gasteiger partial charge in [0.1, 0.15) is 0 Å². The van der Waals surface area contributed by atoms with Gasteiger partial charge in [-0.3, -0.25) is 0 Å². The summed E-state index contributed by atoms with van der Waals surface area (Å²) >= 11 is 3.91. The van der Waals surface area contributed by atoms with E-state index in [9.17, 15) is 0 Å². The van der Waals surface area contributed by atoms with Gasteiger partial charge >= 0.3 is 0 Å². The quantitative estimate of drug-likeness (QED) is 0.834. The zero-order valence-corrected chi connectivity index (χ0v) is 12.9. The topological polar surface area (TPSA) is 28.2 Å². The Balaban J connectivity index is 1.75. The largest absolute Gasteiger partial charge is 0.349 e. The Morgan fingerprint density at radius 1 is 1.44 bits per heavy atom. The van der Waals surface area contributed by atoms with Gasteiger partial charge < -0.3 is 10.2 Å². The van der Waals surface area contributed by atoms with Crippen LogP contribution in [0.25, 0.3) is 0 Å². The minimum atomic E-state index is 0.880. The zero-order chi connectivity index (χ0) is 12.8. The third-order valence-corrected chi connectivity index (χ3v) is 5.62. The molecule has 0 aromatic carbocycles. The lowest BCUT2D eigenvalue weighted by Gasteiger charge is -2.16. The van der Waals surface area contributed by atoms with E-state index < -0.39 is 0 Å². The Morgan fingerprint density at radius 2 is 2.28 bits per heavy atom. The first kappa shape index (κ1) is 14.2. The van der Waals surface area contributed by atoms with Crippen LogP contribution >= 0.6 is 23.1 Å². The van der Waals surface area contributed by atoms with E-state index in [4.69, 9.17) is 0 Å². The number of thiazole rings is 1. The number of hydrogen-bond donors (Lipinski definition) is 1. The molecule has 0 bridgehead atoms. The fourth-order valence-corrected chi connectivity index (χ4v) is 4.45. The van der Waals surface area contributed by atoms with Crippen molar-refractivity contribution in [3.63, 3.8) is 0 Å². The monoisotopic (exact) mass is 285 g/mol. The van der Waals surface area contributed by atoms with E-state index in [1.165, 1.54) is 22.8 Å². The predicted molar refractivity (Wildman–Crippen MR) is 82.8 cm³/mol. The van der Waals surface area contributed by atoms with Crippen molar-refractivity contribution in [2.24, 2.45) is 5.92 Å². The van der Waals surface area contributed by atoms with Gasteiger partial charge in [-0.05, 0) is 44.2 Å². The molecule has 102 valence electrons. The minimum Gasteiger partial charge on any atom is -0.349 e. The highest BCUT2D eigenvalue weighted by Gasteiger charge is 2.15. The molecule has 2 rings (SSSR count). The first-order valence-corrected chi connectivity index (χ1v) is 8.78. The Hall–Kier alpha value is -0.260. The van der Waals surface area contributed by atoms with Crippen molar-refractivity contribution in [3.8, 4) is 0 Å². The summed E-state index contributed by atoms with van der Waals surface area (Å²) in [4.78, 5) is 8.17. The summed E-state index contributed by atoms with van der Waals surface area (Å²) < 4.78 is 0. The van der Waals surface area contributed by atoms with Crippen molar-refractivity contribution < 1.29 is 0 Å². The molecule has 1 N–H and O–H groups in total. The minimum absolute atomic E-state index is 0.880. The normalized spacial score (nSPS) is 19.3. The van der Waals surface area contributed by atoms with Gasteiger partial charge in [-0.15, -0.1) is 11.3 Å². The first-order chi connectivity index (χ1) is 8.83. The molecule has 1 aliphatic heterocycles. The molecule has 1 aromatic rings. The molecule has 5 heteroatoms. The van der Waals surface area contributed by atoms with Crippen molar-refractivity contribution in [1.82, 2.24) is 10.3 Å². The Labute approximate surface area is 118 Å². The molecule has 1 aliphatic rings. The van der Waals surface area contributed by atoms with Crippen LogP contribution in [0.2, 0.25) is 0 Å². The van der Waals surface area contributed by atoms with Gasteiger partial charge in [0.15, 0.2) is 5.13 Å². The summed E-state index contributed by atoms with van der Waals surface area (Å²) in [5, 5.41) is 4.73. The summed E-state index contributed by atoms with van der Waals surface area (Å²) in [5.74, 6) is 3.56. The van der Waals surface area contributed by atoms with Gasteiger partial charge in [0.25, 0.3) is 0 Å². The summed E-state index contributed by atoms with van der Waals surface area (Å²) in [6.45, 7) is 8.57. The number of hydrogen-bond acceptors (Lipinski definition) is 5. The van der Waals surface area contributed by atoms with Crippen LogP contribution < -0.4 is 10.2 Å². The zero-order valence-electron chi connectivity index (χ0n) is 11.3. The van der Waals surface area contributed by atoms with Crippen LogP contribution in [-0.2, 0) is 6.54 Å². The summed E-state index contributed by atoms with van der Waals surface area (Å²) in [6.07, 6.45) is 3.40. The van der Waals surface area contributed by atoms with Gasteiger partial charge in [-0.25, -0.2) is 4.98 Å². The average Bonchev–Trinajstić information content (AvgIpc) is 3.03. The molecule has 1 saturated heterocycles. The Kier molecular flexibility index (Phi) is 5.79. The second-order valence-corrected chi connectivity index (χ2v) is 6.89. The molecule has 18 heavy (non-hydrogen) atoms. The number of nitrogens with zero attached hydrogens (tertiary/aromatic N) is 2. The fourth-order valence-electron chi connectivity index (χ4n) is 2.16. The first-order valence-electron chi connectivity index (χ1n) is 6.81. The highest BCUT2D eigenvalue weighted by molar-refractivity contribution is 7.99. The summed E-state index contributed by atoms with van der Waals surface area (Å²) in [7, 11) is 0. The second kappa shape index (κ2) is 7.36. The van der Waals surface area contributed by atoms with E-state index in [1.54, 1.807) is 0 Å². The lowest BCUT2D eigenvalue weighted by atomic mass is 10.1. The molecule has 1 unspecified atom stereocenters. The number of thioether (sulfide) groups is 1. The SMILES string of the molecule is CCN(CC)c1ncc(CNCC2CCSC2)s1. The van der Waals surface area contributed by atoms with Gasteiger partial charge in [0.2, 0.25) is 0 Å². The lowest BCUT2D eigenvalue weighted by molar-refractivity contribution is 0.525. The van der Waals surface area contributed by atoms with E-state index in [-0.39, 0.29) is 0 Å². The molecular weight excluding hydrogens is 262 g/mol. The molecule has 1 aromatic heterocycles. The average molecular weight is 285 g/mol. The fraction of sp³-hybridized carbons (Fsp3) is 0.769. The van der Waals surface area contributed by atoms with Gasteiger partial charge in [0, 0.05) is 30.7 Å². The van der Waals surface area contributed by atoms with E-state index in [1.807, 2.05) is 17.5 Å². The van der Waals surface area contributed by atoms with Crippen molar-refractivity contribution in [2.45, 2.75) is 26.8 Å². The van der Waals surface area contributed by atoms with Crippen molar-refractivity contribution in [1.29, 1.82) is 0 Å². The number of rotatable bonds is 7. The predicted octanol–water partition coefficient (Wildman–Crippen LogP) is 2.83. The standard InChI is InChI=1S/C13H23N3S2/c1-3-16(4-2)13-15-9-12(18-13)8-14-7-11-5-6-17-10-11/h9,11,14H,3-8,10H2,1-2H3. The number of anilines is 1. The highest BCUT2D eigenvalue weighted by atomic mass is 32.2. The van der Waals surface area contributed by atoms with Gasteiger partial charge in [0.05, 0.1) is 0 Å². The van der Waals surface area contributed by atoms with Crippen molar-refractivity contribution in [3.05, 3.63) is 11.1 Å². The lowest BCUT2D eigenvalue weighted by Crippen LogP contribution is -2.22. The molecule has 0 saturated carbocycles. The molecule has 1 atom stereocenters. The molecule has 0 aliphatic carbocycles. The molecular formula is C13H23N3S2. The maximum atomic E-state index is 4.51. The third kappa shape index (κ3) is 3.87. The van der Waals surface area contributed by atoms with Crippen LogP contribution in [0.1, 0.15) is 25.1 Å². The molecule has 3 nitrogen and oxygen atoms in total. The maximum absolute atomic E-state index is 4.51. The smallest absolute Gasteiger partial charge is 0.185 e. The Morgan fingerprint density at radius 3 is 2.94 bits per heavy atom. The van der Waals surface area contributed by atoms with Crippen LogP contribution in [0.3, 0.4) is 0 Å². The van der Waals surface area contributed by atoms with Crippen LogP contribution in [-0.4, -0.2) is 36.1 Å². The molecule has 1 fully saturated rings. The molecule has 2 heterocycles. The molecule has 0 radical (unpaired) electrons. The molecule has 0 amide bonds. The van der Waals surface area contributed by atoms with E-state index >= 15 is 0 Å². The van der Waals surface area contributed by atoms with Gasteiger partial charge in [-0.1, -0.05) is 0 Å². The molecule has 0 spiro atoms. The van der Waals surface area contributed by atoms with Crippen LogP contribution in [0.15, 0.2) is 6.20 Å². The van der Waals surface area contributed by atoms with Crippen molar-refractivity contribution in [2.75, 3.05) is 36.0 Å².